The van der Waals surface area contributed by atoms with Crippen molar-refractivity contribution in [3.05, 3.63) is 59.4 Å². The van der Waals surface area contributed by atoms with E-state index >= 15 is 0 Å². The molecule has 1 aromatic heterocycles. The Morgan fingerprint density at radius 3 is 2.28 bits per heavy atom. The van der Waals surface area contributed by atoms with Crippen LogP contribution in [-0.4, -0.2) is 30.2 Å². The summed E-state index contributed by atoms with van der Waals surface area (Å²) in [5.74, 6) is 3.07. The van der Waals surface area contributed by atoms with Gasteiger partial charge >= 0.3 is 12.3 Å². The second kappa shape index (κ2) is 7.49. The molecule has 1 aromatic carbocycles. The van der Waals surface area contributed by atoms with Crippen LogP contribution in [-0.2, 0) is 4.74 Å². The minimum Gasteiger partial charge on any atom is -0.464 e. The van der Waals surface area contributed by atoms with Gasteiger partial charge in [0, 0.05) is 5.56 Å². The third-order valence-electron chi connectivity index (χ3n) is 2.78. The number of nitrogens with zero attached hydrogens (tertiary/aromatic N) is 1. The number of hydrogen-bond acceptors (Lipinski definition) is 5. The third-order valence-corrected chi connectivity index (χ3v) is 2.78. The van der Waals surface area contributed by atoms with Crippen molar-refractivity contribution < 1.29 is 32.2 Å². The summed E-state index contributed by atoms with van der Waals surface area (Å²) < 4.78 is 44.4. The SMILES string of the molecule is COC(=O)c1cccc(C(=O)C#Cc2ccc(OC(F)(F)F)cc2)n1. The summed E-state index contributed by atoms with van der Waals surface area (Å²) >= 11 is 0. The van der Waals surface area contributed by atoms with Crippen molar-refractivity contribution >= 4 is 11.8 Å². The van der Waals surface area contributed by atoms with Crippen LogP contribution in [0, 0.1) is 11.8 Å². The van der Waals surface area contributed by atoms with Gasteiger partial charge in [-0.05, 0) is 42.3 Å². The lowest BCUT2D eigenvalue weighted by Gasteiger charge is -2.07. The maximum Gasteiger partial charge on any atom is 0.573 e. The van der Waals surface area contributed by atoms with Gasteiger partial charge in [0.05, 0.1) is 7.11 Å². The number of esters is 1. The highest BCUT2D eigenvalue weighted by molar-refractivity contribution is 6.08. The summed E-state index contributed by atoms with van der Waals surface area (Å²) in [6.45, 7) is 0. The summed E-state index contributed by atoms with van der Waals surface area (Å²) in [5.41, 5.74) is 0.225. The summed E-state index contributed by atoms with van der Waals surface area (Å²) in [4.78, 5) is 27.2. The third kappa shape index (κ3) is 5.35. The van der Waals surface area contributed by atoms with E-state index < -0.39 is 23.9 Å². The highest BCUT2D eigenvalue weighted by Gasteiger charge is 2.30. The summed E-state index contributed by atoms with van der Waals surface area (Å²) in [6, 6.07) is 8.94. The fourth-order valence-electron chi connectivity index (χ4n) is 1.71. The lowest BCUT2D eigenvalue weighted by molar-refractivity contribution is -0.274. The van der Waals surface area contributed by atoms with Crippen LogP contribution in [0.15, 0.2) is 42.5 Å². The van der Waals surface area contributed by atoms with Crippen molar-refractivity contribution in [3.63, 3.8) is 0 Å². The van der Waals surface area contributed by atoms with Crippen LogP contribution in [0.2, 0.25) is 0 Å². The second-order valence-electron chi connectivity index (χ2n) is 4.55. The van der Waals surface area contributed by atoms with Crippen LogP contribution < -0.4 is 4.74 Å². The molecule has 25 heavy (non-hydrogen) atoms. The first-order valence-electron chi connectivity index (χ1n) is 6.76. The molecule has 0 saturated heterocycles. The topological polar surface area (TPSA) is 65.5 Å². The Bertz CT molecular complexity index is 849. The molecule has 0 fully saturated rings. The Morgan fingerprint density at radius 2 is 1.68 bits per heavy atom. The van der Waals surface area contributed by atoms with Crippen LogP contribution in [0.5, 0.6) is 5.75 Å². The molecule has 0 bridgehead atoms. The Balaban J connectivity index is 2.13. The van der Waals surface area contributed by atoms with Gasteiger partial charge in [0.25, 0.3) is 5.78 Å². The van der Waals surface area contributed by atoms with E-state index in [4.69, 9.17) is 0 Å². The number of ether oxygens (including phenoxy) is 2. The molecule has 0 aliphatic rings. The van der Waals surface area contributed by atoms with Gasteiger partial charge in [-0.15, -0.1) is 13.2 Å². The number of carbonyl (C=O) groups excluding carboxylic acids is 2. The van der Waals surface area contributed by atoms with E-state index in [1.165, 1.54) is 37.4 Å². The monoisotopic (exact) mass is 349 g/mol. The van der Waals surface area contributed by atoms with Crippen LogP contribution in [0.25, 0.3) is 0 Å². The van der Waals surface area contributed by atoms with Crippen molar-refractivity contribution in [3.8, 4) is 17.6 Å². The van der Waals surface area contributed by atoms with Gasteiger partial charge in [-0.25, -0.2) is 9.78 Å². The zero-order chi connectivity index (χ0) is 18.4. The molecule has 2 rings (SSSR count). The van der Waals surface area contributed by atoms with Crippen molar-refractivity contribution in [1.29, 1.82) is 0 Å². The van der Waals surface area contributed by atoms with E-state index in [0.717, 1.165) is 12.1 Å². The highest BCUT2D eigenvalue weighted by Crippen LogP contribution is 2.22. The first-order chi connectivity index (χ1) is 11.8. The molecule has 0 saturated carbocycles. The predicted molar refractivity (Wildman–Crippen MR) is 79.9 cm³/mol. The van der Waals surface area contributed by atoms with Gasteiger partial charge in [-0.3, -0.25) is 4.79 Å². The average molecular weight is 349 g/mol. The van der Waals surface area contributed by atoms with Gasteiger partial charge in [0.15, 0.2) is 0 Å². The van der Waals surface area contributed by atoms with E-state index in [0.29, 0.717) is 5.56 Å². The Kier molecular flexibility index (Phi) is 5.39. The maximum absolute atomic E-state index is 12.1. The number of ketones is 1. The first-order valence-corrected chi connectivity index (χ1v) is 6.76. The van der Waals surface area contributed by atoms with Crippen molar-refractivity contribution in [2.75, 3.05) is 7.11 Å². The molecular formula is C17H10F3NO4. The van der Waals surface area contributed by atoms with Gasteiger partial charge in [0.1, 0.15) is 17.1 Å². The number of halogens is 3. The van der Waals surface area contributed by atoms with Gasteiger partial charge in [-0.1, -0.05) is 12.0 Å². The standard InChI is InChI=1S/C17H10F3NO4/c1-24-16(23)14-4-2-3-13(21-14)15(22)10-7-11-5-8-12(9-6-11)25-17(18,19)20/h2-6,8-9H,1H3. The van der Waals surface area contributed by atoms with E-state index in [2.05, 4.69) is 26.3 Å². The normalized spacial score (nSPS) is 10.4. The molecule has 0 aliphatic carbocycles. The maximum atomic E-state index is 12.1. The lowest BCUT2D eigenvalue weighted by Crippen LogP contribution is -2.16. The zero-order valence-electron chi connectivity index (χ0n) is 12.8. The number of methoxy groups -OCH3 is 1. The molecule has 8 heteroatoms. The molecule has 1 heterocycles. The molecule has 2 aromatic rings. The van der Waals surface area contributed by atoms with Gasteiger partial charge in [0.2, 0.25) is 0 Å². The fourth-order valence-corrected chi connectivity index (χ4v) is 1.71. The lowest BCUT2D eigenvalue weighted by atomic mass is 10.2. The number of benzene rings is 1. The Hall–Kier alpha value is -3.34. The molecule has 0 spiro atoms. The molecule has 0 N–H and O–H groups in total. The van der Waals surface area contributed by atoms with E-state index in [-0.39, 0.29) is 11.4 Å². The number of Topliss-reactive ketones (excluding diaryl/α,β-unsaturated/α-hetero) is 1. The number of hydrogen-bond donors (Lipinski definition) is 0. The minimum absolute atomic E-state index is 0.0381. The summed E-state index contributed by atoms with van der Waals surface area (Å²) in [5, 5.41) is 0. The summed E-state index contributed by atoms with van der Waals surface area (Å²) in [7, 11) is 1.18. The van der Waals surface area contributed by atoms with Crippen molar-refractivity contribution in [2.24, 2.45) is 0 Å². The molecule has 0 amide bonds. The van der Waals surface area contributed by atoms with Gasteiger partial charge in [-0.2, -0.15) is 0 Å². The fraction of sp³-hybridized carbons (Fsp3) is 0.118. The van der Waals surface area contributed by atoms with E-state index in [1.54, 1.807) is 0 Å². The van der Waals surface area contributed by atoms with Crippen LogP contribution >= 0.6 is 0 Å². The number of alkyl halides is 3. The number of rotatable bonds is 3. The second-order valence-corrected chi connectivity index (χ2v) is 4.55. The number of pyridine rings is 1. The highest BCUT2D eigenvalue weighted by atomic mass is 19.4. The average Bonchev–Trinajstić information content (AvgIpc) is 2.59. The van der Waals surface area contributed by atoms with Crippen LogP contribution in [0.3, 0.4) is 0 Å². The minimum atomic E-state index is -4.78. The largest absolute Gasteiger partial charge is 0.573 e. The molecule has 5 nitrogen and oxygen atoms in total. The molecule has 0 unspecified atom stereocenters. The number of carbonyl (C=O) groups is 2. The molecular weight excluding hydrogens is 339 g/mol. The Labute approximate surface area is 140 Å². The van der Waals surface area contributed by atoms with E-state index in [1.807, 2.05) is 0 Å². The van der Waals surface area contributed by atoms with Crippen LogP contribution in [0.1, 0.15) is 26.5 Å². The molecule has 128 valence electrons. The predicted octanol–water partition coefficient (Wildman–Crippen LogP) is 3.00. The first kappa shape index (κ1) is 18.0. The van der Waals surface area contributed by atoms with Crippen molar-refractivity contribution in [2.45, 2.75) is 6.36 Å². The summed E-state index contributed by atoms with van der Waals surface area (Å²) in [6.07, 6.45) is -4.78. The quantitative estimate of drug-likeness (QED) is 0.484. The number of aromatic nitrogens is 1. The molecule has 0 radical (unpaired) electrons. The van der Waals surface area contributed by atoms with Crippen molar-refractivity contribution in [1.82, 2.24) is 4.98 Å². The Morgan fingerprint density at radius 1 is 1.04 bits per heavy atom. The smallest absolute Gasteiger partial charge is 0.464 e. The zero-order valence-corrected chi connectivity index (χ0v) is 12.8. The van der Waals surface area contributed by atoms with Crippen LogP contribution in [0.4, 0.5) is 13.2 Å². The van der Waals surface area contributed by atoms with Gasteiger partial charge < -0.3 is 9.47 Å². The molecule has 0 aliphatic heterocycles. The molecule has 0 atom stereocenters. The van der Waals surface area contributed by atoms with E-state index in [9.17, 15) is 22.8 Å².